The molecule has 3 aromatic carbocycles. The van der Waals surface area contributed by atoms with E-state index in [1.165, 1.54) is 14.7 Å². The Balaban J connectivity index is 0.000000201. The molecule has 490 valence electrons. The van der Waals surface area contributed by atoms with Crippen molar-refractivity contribution in [2.45, 2.75) is 186 Å². The van der Waals surface area contributed by atoms with Gasteiger partial charge in [0.15, 0.2) is 0 Å². The maximum absolute atomic E-state index is 13.3. The fraction of sp³-hybridized carbons (Fsp3) is 0.574. The fourth-order valence-corrected chi connectivity index (χ4v) is 11.6. The van der Waals surface area contributed by atoms with Crippen molar-refractivity contribution in [3.8, 4) is 0 Å². The third-order valence-corrected chi connectivity index (χ3v) is 16.2. The van der Waals surface area contributed by atoms with Gasteiger partial charge in [0.25, 0.3) is 0 Å². The van der Waals surface area contributed by atoms with Crippen molar-refractivity contribution in [3.05, 3.63) is 89.5 Å². The standard InChI is InChI=1S/C22H32BN3O6.C17H24BN3O4.C15H24N2O5.C7H10BNO2/c1-22(2,3)32-21(29)26-13-5-7-18(26)20(28)25-12-4-6-17(25)19(27)24-14-15-8-10-16(11-9-15)23(30)31;22-16(20-11-12-5-7-13(8-6-12)18(24)25)15-4-2-10-21(15)17(23)14-3-1-9-19-14;1-15(2,3)22-14(21)17-9-4-6-10(17)12(18)16-8-5-7-11(16)13(19)20;9-5-6-1-3-7(4-2-6)8(10)11/h8-11,17-18,30-31H,4-7,12-14H2,1-3H3,(H,24,27);5-8,14-15,19,24-25H,1-4,9-11H2,(H,20,22);10-11H,4-9H2,1-3H3,(H,19,20);1-4,10-11H,5,9H2. The Bertz CT molecular complexity index is 2890. The Kier molecular flexibility index (Phi) is 26.6. The molecule has 6 unspecified atom stereocenters. The summed E-state index contributed by atoms with van der Waals surface area (Å²) in [5, 5.41) is 72.1. The van der Waals surface area contributed by atoms with Crippen molar-refractivity contribution in [3.63, 3.8) is 0 Å². The summed E-state index contributed by atoms with van der Waals surface area (Å²) in [5.74, 6) is -1.77. The molecular weight excluding hydrogens is 1160 g/mol. The van der Waals surface area contributed by atoms with E-state index in [0.29, 0.717) is 101 Å². The van der Waals surface area contributed by atoms with Crippen LogP contribution >= 0.6 is 0 Å². The van der Waals surface area contributed by atoms with Crippen LogP contribution in [0.2, 0.25) is 0 Å². The lowest BCUT2D eigenvalue weighted by atomic mass is 9.80. The molecule has 0 spiro atoms. The summed E-state index contributed by atoms with van der Waals surface area (Å²) in [6.07, 6.45) is 7.40. The first-order valence-electron chi connectivity index (χ1n) is 31.0. The van der Waals surface area contributed by atoms with Crippen molar-refractivity contribution < 1.29 is 83.1 Å². The minimum Gasteiger partial charge on any atom is -0.480 e. The number of carbonyl (C=O) groups excluding carboxylic acids is 7. The highest BCUT2D eigenvalue weighted by atomic mass is 16.6. The van der Waals surface area contributed by atoms with Gasteiger partial charge in [-0.2, -0.15) is 0 Å². The van der Waals surface area contributed by atoms with Crippen LogP contribution in [0.3, 0.4) is 0 Å². The molecule has 7 amide bonds. The monoisotopic (exact) mass is 1250 g/mol. The molecule has 0 bridgehead atoms. The third-order valence-electron chi connectivity index (χ3n) is 16.2. The van der Waals surface area contributed by atoms with Gasteiger partial charge in [-0.25, -0.2) is 14.4 Å². The normalized spacial score (nSPS) is 21.2. The number of amides is 7. The van der Waals surface area contributed by atoms with Gasteiger partial charge in [-0.05, 0) is 158 Å². The van der Waals surface area contributed by atoms with Crippen molar-refractivity contribution in [2.75, 3.05) is 39.3 Å². The number of nitrogens with two attached hydrogens (primary N) is 1. The molecule has 90 heavy (non-hydrogen) atoms. The Morgan fingerprint density at radius 1 is 0.467 bits per heavy atom. The quantitative estimate of drug-likeness (QED) is 0.0897. The second-order valence-corrected chi connectivity index (χ2v) is 25.2. The number of benzene rings is 3. The third kappa shape index (κ3) is 20.7. The van der Waals surface area contributed by atoms with Crippen molar-refractivity contribution in [1.29, 1.82) is 0 Å². The molecule has 0 aliphatic carbocycles. The molecule has 0 aromatic heterocycles. The molecule has 0 saturated carbocycles. The van der Waals surface area contributed by atoms with E-state index in [1.807, 2.05) is 0 Å². The summed E-state index contributed by atoms with van der Waals surface area (Å²) in [6, 6.07) is 17.1. The molecule has 3 aromatic rings. The van der Waals surface area contributed by atoms with E-state index in [9.17, 15) is 53.5 Å². The van der Waals surface area contributed by atoms with E-state index >= 15 is 0 Å². The summed E-state index contributed by atoms with van der Waals surface area (Å²) in [7, 11) is -4.42. The number of carboxylic acid groups (broad SMARTS) is 1. The van der Waals surface area contributed by atoms with Gasteiger partial charge in [0.05, 0.1) is 6.04 Å². The van der Waals surface area contributed by atoms with Gasteiger partial charge in [0.1, 0.15) is 41.4 Å². The number of hydrogen-bond donors (Lipinski definition) is 11. The van der Waals surface area contributed by atoms with E-state index in [0.717, 1.165) is 61.8 Å². The maximum atomic E-state index is 13.3. The second-order valence-electron chi connectivity index (χ2n) is 25.2. The average Bonchev–Trinajstić information content (AvgIpc) is 1.96. The van der Waals surface area contributed by atoms with E-state index in [1.54, 1.807) is 124 Å². The molecule has 6 atom stereocenters. The number of hydrogen-bond acceptors (Lipinski definition) is 18. The number of ether oxygens (including phenoxy) is 2. The predicted octanol–water partition coefficient (Wildman–Crippen LogP) is -0.615. The van der Waals surface area contributed by atoms with Gasteiger partial charge in [-0.3, -0.25) is 33.8 Å². The molecule has 6 aliphatic heterocycles. The smallest absolute Gasteiger partial charge is 0.480 e. The second kappa shape index (κ2) is 33.3. The van der Waals surface area contributed by atoms with Crippen LogP contribution in [0.15, 0.2) is 72.8 Å². The van der Waals surface area contributed by atoms with Gasteiger partial charge in [-0.1, -0.05) is 72.8 Å². The number of rotatable bonds is 14. The summed E-state index contributed by atoms with van der Waals surface area (Å²) in [4.78, 5) is 107. The number of carbonyl (C=O) groups is 8. The number of carboxylic acids is 1. The SMILES string of the molecule is CC(C)(C)OC(=O)N1CCCC1C(=O)N1CCCC1C(=O)NCc1ccc(B(O)O)cc1.CC(C)(C)OC(=O)N1CCCC1C(=O)N1CCCC1C(=O)O.NCc1ccc(B(O)O)cc1.O=C(NCc1ccc(B(O)O)cc1)C1CCCN1C(=O)C1CCCN1. The predicted molar refractivity (Wildman–Crippen MR) is 335 cm³/mol. The lowest BCUT2D eigenvalue weighted by Gasteiger charge is -2.32. The fourth-order valence-electron chi connectivity index (χ4n) is 11.6. The Morgan fingerprint density at radius 2 is 0.789 bits per heavy atom. The maximum Gasteiger partial charge on any atom is 0.488 e. The summed E-state index contributed by atoms with van der Waals surface area (Å²) in [6.45, 7) is 15.1. The zero-order valence-electron chi connectivity index (χ0n) is 52.5. The highest BCUT2D eigenvalue weighted by Gasteiger charge is 2.45. The molecule has 6 aliphatic rings. The lowest BCUT2D eigenvalue weighted by Crippen LogP contribution is -2.53. The molecule has 0 radical (unpaired) electrons. The highest BCUT2D eigenvalue weighted by molar-refractivity contribution is 6.59. The van der Waals surface area contributed by atoms with E-state index < -0.39 is 80.9 Å². The molecule has 6 fully saturated rings. The topological polar surface area (TPSA) is 375 Å². The molecular formula is C61H90B3N9O17. The molecule has 12 N–H and O–H groups in total. The van der Waals surface area contributed by atoms with Gasteiger partial charge in [0, 0.05) is 52.4 Å². The van der Waals surface area contributed by atoms with Crippen LogP contribution in [0, 0.1) is 0 Å². The first-order chi connectivity index (χ1) is 42.6. The minimum absolute atomic E-state index is 0.0384. The van der Waals surface area contributed by atoms with Crippen LogP contribution in [0.1, 0.15) is 135 Å². The zero-order chi connectivity index (χ0) is 66.0. The van der Waals surface area contributed by atoms with Crippen molar-refractivity contribution in [2.24, 2.45) is 5.73 Å². The summed E-state index contributed by atoms with van der Waals surface area (Å²) < 4.78 is 10.8. The largest absolute Gasteiger partial charge is 0.488 e. The Hall–Kier alpha value is -7.11. The van der Waals surface area contributed by atoms with Crippen LogP contribution in [-0.2, 0) is 57.9 Å². The van der Waals surface area contributed by atoms with Crippen LogP contribution in [0.4, 0.5) is 9.59 Å². The van der Waals surface area contributed by atoms with Gasteiger partial charge < -0.3 is 81.1 Å². The lowest BCUT2D eigenvalue weighted by molar-refractivity contribution is -0.149. The van der Waals surface area contributed by atoms with Crippen molar-refractivity contribution in [1.82, 2.24) is 40.4 Å². The summed E-state index contributed by atoms with van der Waals surface area (Å²) in [5.41, 5.74) is 8.02. The molecule has 9 rings (SSSR count). The highest BCUT2D eigenvalue weighted by Crippen LogP contribution is 2.29. The summed E-state index contributed by atoms with van der Waals surface area (Å²) >= 11 is 0. The number of aliphatic carboxylic acids is 1. The molecule has 6 saturated heterocycles. The number of nitrogens with zero attached hydrogens (tertiary/aromatic N) is 5. The Labute approximate surface area is 527 Å². The van der Waals surface area contributed by atoms with E-state index in [2.05, 4.69) is 16.0 Å². The van der Waals surface area contributed by atoms with Crippen molar-refractivity contribution >= 4 is 85.4 Å². The van der Waals surface area contributed by atoms with Crippen LogP contribution in [0.25, 0.3) is 0 Å². The zero-order valence-corrected chi connectivity index (χ0v) is 52.5. The molecule has 6 heterocycles. The van der Waals surface area contributed by atoms with Crippen LogP contribution in [0.5, 0.6) is 0 Å². The van der Waals surface area contributed by atoms with Gasteiger partial charge >= 0.3 is 39.5 Å². The van der Waals surface area contributed by atoms with E-state index in [4.69, 9.17) is 35.3 Å². The van der Waals surface area contributed by atoms with Crippen LogP contribution < -0.4 is 38.1 Å². The molecule has 29 heteroatoms. The van der Waals surface area contributed by atoms with E-state index in [-0.39, 0.29) is 42.1 Å². The van der Waals surface area contributed by atoms with Gasteiger partial charge in [0.2, 0.25) is 29.5 Å². The minimum atomic E-state index is -1.53. The first kappa shape index (κ1) is 72.0. The van der Waals surface area contributed by atoms with Gasteiger partial charge in [-0.15, -0.1) is 0 Å². The van der Waals surface area contributed by atoms with Crippen LogP contribution in [-0.4, -0.2) is 216 Å². The number of likely N-dealkylation sites (tertiary alicyclic amines) is 5. The number of nitrogens with one attached hydrogen (secondary N) is 3. The Morgan fingerprint density at radius 3 is 1.11 bits per heavy atom. The molecule has 26 nitrogen and oxygen atoms in total. The first-order valence-corrected chi connectivity index (χ1v) is 31.0. The average molecular weight is 1250 g/mol.